The molecule has 0 atom stereocenters. The van der Waals surface area contributed by atoms with E-state index in [1.165, 1.54) is 12.1 Å². The van der Waals surface area contributed by atoms with Crippen LogP contribution in [0.5, 0.6) is 0 Å². The van der Waals surface area contributed by atoms with E-state index in [1.54, 1.807) is 12.1 Å². The van der Waals surface area contributed by atoms with Crippen LogP contribution >= 0.6 is 0 Å². The highest BCUT2D eigenvalue weighted by Crippen LogP contribution is 2.20. The molecule has 0 aliphatic heterocycles. The number of carbonyl (C=O) groups excluding carboxylic acids is 1. The summed E-state index contributed by atoms with van der Waals surface area (Å²) in [5, 5.41) is 6.45. The fourth-order valence-electron chi connectivity index (χ4n) is 2.78. The Morgan fingerprint density at radius 2 is 1.70 bits per heavy atom. The van der Waals surface area contributed by atoms with Crippen molar-refractivity contribution in [3.05, 3.63) is 35.6 Å². The average Bonchev–Trinajstić information content (AvgIpc) is 2.46. The molecule has 0 radical (unpaired) electrons. The van der Waals surface area contributed by atoms with Gasteiger partial charge in [0.15, 0.2) is 0 Å². The van der Waals surface area contributed by atoms with Crippen molar-refractivity contribution in [3.63, 3.8) is 0 Å². The van der Waals surface area contributed by atoms with E-state index in [9.17, 15) is 9.18 Å². The molecule has 2 N–H and O–H groups in total. The van der Waals surface area contributed by atoms with Gasteiger partial charge in [0.1, 0.15) is 11.4 Å². The Bertz CT molecular complexity index is 503. The molecule has 1 aliphatic carbocycles. The van der Waals surface area contributed by atoms with Gasteiger partial charge in [-0.15, -0.1) is 0 Å². The normalized spacial score (nSPS) is 21.7. The zero-order valence-electron chi connectivity index (χ0n) is 14.2. The van der Waals surface area contributed by atoms with E-state index >= 15 is 0 Å². The summed E-state index contributed by atoms with van der Waals surface area (Å²) in [6, 6.07) is 7.21. The van der Waals surface area contributed by atoms with E-state index in [-0.39, 0.29) is 18.0 Å². The van der Waals surface area contributed by atoms with Crippen molar-refractivity contribution in [2.45, 2.75) is 70.7 Å². The summed E-state index contributed by atoms with van der Waals surface area (Å²) < 4.78 is 18.2. The van der Waals surface area contributed by atoms with Crippen LogP contribution in [0.15, 0.2) is 24.3 Å². The lowest BCUT2D eigenvalue weighted by molar-refractivity contribution is 0.0489. The minimum absolute atomic E-state index is 0.189. The lowest BCUT2D eigenvalue weighted by Gasteiger charge is -2.30. The maximum Gasteiger partial charge on any atom is 0.407 e. The van der Waals surface area contributed by atoms with Crippen molar-refractivity contribution in [3.8, 4) is 0 Å². The fraction of sp³-hybridized carbons (Fsp3) is 0.611. The topological polar surface area (TPSA) is 50.4 Å². The number of benzene rings is 1. The molecule has 0 bridgehead atoms. The standard InChI is InChI=1S/C18H27FN2O2/c1-18(2,3)23-17(22)21-16-10-8-15(9-11-16)20-12-13-4-6-14(19)7-5-13/h4-7,15-16,20H,8-12H2,1-3H3,(H,21,22). The first-order valence-corrected chi connectivity index (χ1v) is 8.29. The molecule has 1 amide bonds. The highest BCUT2D eigenvalue weighted by atomic mass is 19.1. The molecule has 0 unspecified atom stereocenters. The van der Waals surface area contributed by atoms with Crippen molar-refractivity contribution in [1.29, 1.82) is 0 Å². The van der Waals surface area contributed by atoms with Gasteiger partial charge in [-0.1, -0.05) is 12.1 Å². The van der Waals surface area contributed by atoms with Crippen LogP contribution in [0.2, 0.25) is 0 Å². The number of ether oxygens (including phenoxy) is 1. The molecule has 1 fully saturated rings. The molecule has 128 valence electrons. The summed E-state index contributed by atoms with van der Waals surface area (Å²) in [6.07, 6.45) is 3.59. The van der Waals surface area contributed by atoms with E-state index < -0.39 is 5.60 Å². The Kier molecular flexibility index (Phi) is 5.99. The zero-order valence-corrected chi connectivity index (χ0v) is 14.2. The Balaban J connectivity index is 1.67. The van der Waals surface area contributed by atoms with E-state index in [4.69, 9.17) is 4.74 Å². The van der Waals surface area contributed by atoms with Crippen LogP contribution in [0.4, 0.5) is 9.18 Å². The molecular formula is C18H27FN2O2. The van der Waals surface area contributed by atoms with Gasteiger partial charge in [0, 0.05) is 18.6 Å². The minimum atomic E-state index is -0.460. The predicted molar refractivity (Wildman–Crippen MR) is 88.7 cm³/mol. The van der Waals surface area contributed by atoms with Crippen LogP contribution in [0.3, 0.4) is 0 Å². The van der Waals surface area contributed by atoms with Gasteiger partial charge < -0.3 is 15.4 Å². The summed E-state index contributed by atoms with van der Waals surface area (Å²) in [5.41, 5.74) is 0.623. The minimum Gasteiger partial charge on any atom is -0.444 e. The first kappa shape index (κ1) is 17.7. The van der Waals surface area contributed by atoms with E-state index in [0.717, 1.165) is 37.8 Å². The number of rotatable bonds is 4. The molecule has 23 heavy (non-hydrogen) atoms. The van der Waals surface area contributed by atoms with Gasteiger partial charge in [-0.2, -0.15) is 0 Å². The monoisotopic (exact) mass is 322 g/mol. The third kappa shape index (κ3) is 6.57. The maximum absolute atomic E-state index is 12.9. The molecule has 0 saturated heterocycles. The molecule has 0 aromatic heterocycles. The summed E-state index contributed by atoms with van der Waals surface area (Å²) in [6.45, 7) is 6.34. The van der Waals surface area contributed by atoms with Crippen molar-refractivity contribution in [2.24, 2.45) is 0 Å². The van der Waals surface area contributed by atoms with Crippen molar-refractivity contribution >= 4 is 6.09 Å². The molecule has 1 aromatic rings. The second kappa shape index (κ2) is 7.77. The Hall–Kier alpha value is -1.62. The first-order valence-electron chi connectivity index (χ1n) is 8.29. The van der Waals surface area contributed by atoms with Crippen LogP contribution in [-0.2, 0) is 11.3 Å². The highest BCUT2D eigenvalue weighted by Gasteiger charge is 2.24. The molecule has 1 saturated carbocycles. The van der Waals surface area contributed by atoms with Gasteiger partial charge in [-0.05, 0) is 64.2 Å². The number of hydrogen-bond donors (Lipinski definition) is 2. The van der Waals surface area contributed by atoms with Crippen molar-refractivity contribution < 1.29 is 13.9 Å². The summed E-state index contributed by atoms with van der Waals surface area (Å²) in [5.74, 6) is -0.206. The Morgan fingerprint density at radius 1 is 1.13 bits per heavy atom. The van der Waals surface area contributed by atoms with Crippen LogP contribution < -0.4 is 10.6 Å². The highest BCUT2D eigenvalue weighted by molar-refractivity contribution is 5.68. The van der Waals surface area contributed by atoms with Crippen LogP contribution in [0.1, 0.15) is 52.0 Å². The Labute approximate surface area is 137 Å². The predicted octanol–water partition coefficient (Wildman–Crippen LogP) is 3.75. The number of amides is 1. The fourth-order valence-corrected chi connectivity index (χ4v) is 2.78. The molecule has 4 nitrogen and oxygen atoms in total. The molecule has 1 aliphatic rings. The molecule has 0 spiro atoms. The van der Waals surface area contributed by atoms with Gasteiger partial charge in [0.25, 0.3) is 0 Å². The summed E-state index contributed by atoms with van der Waals surface area (Å²) in [7, 11) is 0. The smallest absolute Gasteiger partial charge is 0.407 e. The molecule has 0 heterocycles. The third-order valence-corrected chi connectivity index (χ3v) is 3.96. The lowest BCUT2D eigenvalue weighted by Crippen LogP contribution is -2.43. The van der Waals surface area contributed by atoms with Crippen LogP contribution in [-0.4, -0.2) is 23.8 Å². The largest absolute Gasteiger partial charge is 0.444 e. The second-order valence-corrected chi connectivity index (χ2v) is 7.20. The van der Waals surface area contributed by atoms with E-state index in [0.29, 0.717) is 6.04 Å². The average molecular weight is 322 g/mol. The van der Waals surface area contributed by atoms with Crippen LogP contribution in [0, 0.1) is 5.82 Å². The summed E-state index contributed by atoms with van der Waals surface area (Å²) >= 11 is 0. The van der Waals surface area contributed by atoms with Gasteiger partial charge in [-0.25, -0.2) is 9.18 Å². The van der Waals surface area contributed by atoms with Gasteiger partial charge in [0.05, 0.1) is 0 Å². The maximum atomic E-state index is 12.9. The lowest BCUT2D eigenvalue weighted by atomic mass is 9.91. The number of halogens is 1. The number of hydrogen-bond acceptors (Lipinski definition) is 3. The number of alkyl carbamates (subject to hydrolysis) is 1. The van der Waals surface area contributed by atoms with Crippen LogP contribution in [0.25, 0.3) is 0 Å². The molecular weight excluding hydrogens is 295 g/mol. The first-order chi connectivity index (χ1) is 10.8. The van der Waals surface area contributed by atoms with E-state index in [2.05, 4.69) is 10.6 Å². The number of carbonyl (C=O) groups is 1. The molecule has 2 rings (SSSR count). The van der Waals surface area contributed by atoms with Crippen molar-refractivity contribution in [1.82, 2.24) is 10.6 Å². The van der Waals surface area contributed by atoms with Gasteiger partial charge in [0.2, 0.25) is 0 Å². The summed E-state index contributed by atoms with van der Waals surface area (Å²) in [4.78, 5) is 11.8. The molecule has 5 heteroatoms. The molecule has 1 aromatic carbocycles. The van der Waals surface area contributed by atoms with Crippen molar-refractivity contribution in [2.75, 3.05) is 0 Å². The second-order valence-electron chi connectivity index (χ2n) is 7.20. The van der Waals surface area contributed by atoms with E-state index in [1.807, 2.05) is 20.8 Å². The van der Waals surface area contributed by atoms with Gasteiger partial charge in [-0.3, -0.25) is 0 Å². The SMILES string of the molecule is CC(C)(C)OC(=O)NC1CCC(NCc2ccc(F)cc2)CC1. The number of nitrogens with one attached hydrogen (secondary N) is 2. The van der Waals surface area contributed by atoms with Gasteiger partial charge >= 0.3 is 6.09 Å². The quantitative estimate of drug-likeness (QED) is 0.887. The zero-order chi connectivity index (χ0) is 16.9. The Morgan fingerprint density at radius 3 is 2.26 bits per heavy atom. The third-order valence-electron chi connectivity index (χ3n) is 3.96.